The summed E-state index contributed by atoms with van der Waals surface area (Å²) in [6.45, 7) is 2.71. The molecule has 0 amide bonds. The van der Waals surface area contributed by atoms with Crippen LogP contribution < -0.4 is 5.56 Å². The van der Waals surface area contributed by atoms with E-state index >= 15 is 0 Å². The van der Waals surface area contributed by atoms with Gasteiger partial charge in [0.2, 0.25) is 0 Å². The zero-order chi connectivity index (χ0) is 20.7. The van der Waals surface area contributed by atoms with Crippen LogP contribution in [0.4, 0.5) is 8.78 Å². The molecule has 2 aliphatic heterocycles. The van der Waals surface area contributed by atoms with Crippen LogP contribution >= 0.6 is 0 Å². The molecular formula is C21H23F2N5O2. The van der Waals surface area contributed by atoms with Gasteiger partial charge in [-0.1, -0.05) is 12.1 Å². The van der Waals surface area contributed by atoms with Crippen molar-refractivity contribution in [1.29, 1.82) is 0 Å². The third kappa shape index (κ3) is 3.52. The van der Waals surface area contributed by atoms with Crippen molar-refractivity contribution in [3.63, 3.8) is 0 Å². The minimum Gasteiger partial charge on any atom is -0.372 e. The number of aromatic nitrogens is 4. The smallest absolute Gasteiger partial charge is 0.261 e. The minimum absolute atomic E-state index is 0.198. The molecule has 30 heavy (non-hydrogen) atoms. The van der Waals surface area contributed by atoms with E-state index in [1.165, 1.54) is 4.57 Å². The average molecular weight is 415 g/mol. The summed E-state index contributed by atoms with van der Waals surface area (Å²) < 4.78 is 35.4. The molecule has 0 N–H and O–H groups in total. The SMILES string of the molecule is O=c1c2ccccc2nc(C2CCCN2Cc2cn3c(n2)COCC3)n1CC(F)F. The molecular weight excluding hydrogens is 392 g/mol. The lowest BCUT2D eigenvalue weighted by Gasteiger charge is -2.26. The van der Waals surface area contributed by atoms with Crippen LogP contribution in [-0.2, 0) is 31.0 Å². The Hall–Kier alpha value is -2.65. The van der Waals surface area contributed by atoms with Gasteiger partial charge in [-0.25, -0.2) is 18.7 Å². The molecule has 1 fully saturated rings. The summed E-state index contributed by atoms with van der Waals surface area (Å²) in [6, 6.07) is 6.73. The lowest BCUT2D eigenvalue weighted by atomic mass is 10.1. The molecule has 9 heteroatoms. The van der Waals surface area contributed by atoms with Crippen molar-refractivity contribution in [2.75, 3.05) is 13.2 Å². The van der Waals surface area contributed by atoms with Gasteiger partial charge in [0.25, 0.3) is 12.0 Å². The normalized spacial score (nSPS) is 19.6. The molecule has 1 atom stereocenters. The van der Waals surface area contributed by atoms with Crippen LogP contribution in [0.5, 0.6) is 0 Å². The highest BCUT2D eigenvalue weighted by atomic mass is 19.3. The predicted octanol–water partition coefficient (Wildman–Crippen LogP) is 2.73. The van der Waals surface area contributed by atoms with Crippen molar-refractivity contribution in [3.05, 3.63) is 58.2 Å². The van der Waals surface area contributed by atoms with Crippen molar-refractivity contribution >= 4 is 10.9 Å². The summed E-state index contributed by atoms with van der Waals surface area (Å²) in [6.07, 6.45) is 1.09. The molecule has 0 bridgehead atoms. The highest BCUT2D eigenvalue weighted by Gasteiger charge is 2.31. The lowest BCUT2D eigenvalue weighted by molar-refractivity contribution is 0.0816. The van der Waals surface area contributed by atoms with E-state index in [0.29, 0.717) is 36.5 Å². The van der Waals surface area contributed by atoms with E-state index in [1.807, 2.05) is 6.20 Å². The number of likely N-dealkylation sites (tertiary alicyclic amines) is 1. The Labute approximate surface area is 171 Å². The molecule has 2 aliphatic rings. The molecule has 1 saturated heterocycles. The van der Waals surface area contributed by atoms with Gasteiger partial charge in [0.15, 0.2) is 0 Å². The van der Waals surface area contributed by atoms with Crippen LogP contribution in [0.15, 0.2) is 35.3 Å². The average Bonchev–Trinajstić information content (AvgIpc) is 3.36. The fraction of sp³-hybridized carbons (Fsp3) is 0.476. The molecule has 0 radical (unpaired) electrons. The fourth-order valence-electron chi connectivity index (χ4n) is 4.49. The number of hydrogen-bond acceptors (Lipinski definition) is 5. The number of para-hydroxylation sites is 1. The summed E-state index contributed by atoms with van der Waals surface area (Å²) in [5, 5.41) is 0.369. The second-order valence-corrected chi connectivity index (χ2v) is 7.82. The maximum Gasteiger partial charge on any atom is 0.261 e. The van der Waals surface area contributed by atoms with E-state index in [-0.39, 0.29) is 6.04 Å². The van der Waals surface area contributed by atoms with Crippen molar-refractivity contribution in [2.24, 2.45) is 0 Å². The van der Waals surface area contributed by atoms with Crippen molar-refractivity contribution in [1.82, 2.24) is 24.0 Å². The molecule has 1 aromatic carbocycles. The van der Waals surface area contributed by atoms with Gasteiger partial charge in [-0.2, -0.15) is 0 Å². The minimum atomic E-state index is -2.63. The van der Waals surface area contributed by atoms with Crippen LogP contribution in [-0.4, -0.2) is 43.6 Å². The molecule has 0 saturated carbocycles. The molecule has 4 heterocycles. The van der Waals surface area contributed by atoms with Gasteiger partial charge in [-0.15, -0.1) is 0 Å². The summed E-state index contributed by atoms with van der Waals surface area (Å²) >= 11 is 0. The number of alkyl halides is 2. The highest BCUT2D eigenvalue weighted by Crippen LogP contribution is 2.32. The van der Waals surface area contributed by atoms with Crippen LogP contribution in [0.1, 0.15) is 36.2 Å². The third-order valence-corrected chi connectivity index (χ3v) is 5.86. The van der Waals surface area contributed by atoms with Crippen LogP contribution in [0.2, 0.25) is 0 Å². The quantitative estimate of drug-likeness (QED) is 0.641. The van der Waals surface area contributed by atoms with Crippen molar-refractivity contribution in [2.45, 2.75) is 51.6 Å². The Morgan fingerprint density at radius 1 is 1.20 bits per heavy atom. The van der Waals surface area contributed by atoms with Gasteiger partial charge in [0.05, 0.1) is 35.8 Å². The molecule has 1 unspecified atom stereocenters. The van der Waals surface area contributed by atoms with Crippen molar-refractivity contribution in [3.8, 4) is 0 Å². The monoisotopic (exact) mass is 415 g/mol. The van der Waals surface area contributed by atoms with Gasteiger partial charge in [0.1, 0.15) is 18.3 Å². The van der Waals surface area contributed by atoms with Gasteiger partial charge in [0, 0.05) is 19.3 Å². The van der Waals surface area contributed by atoms with E-state index in [2.05, 4.69) is 19.4 Å². The van der Waals surface area contributed by atoms with E-state index in [9.17, 15) is 13.6 Å². The van der Waals surface area contributed by atoms with Crippen LogP contribution in [0.25, 0.3) is 10.9 Å². The van der Waals surface area contributed by atoms with Crippen LogP contribution in [0.3, 0.4) is 0 Å². The Morgan fingerprint density at radius 2 is 2.07 bits per heavy atom. The lowest BCUT2D eigenvalue weighted by Crippen LogP contribution is -2.33. The standard InChI is InChI=1S/C21H23F2N5O2/c22-18(23)12-28-20(25-16-5-2-1-4-15(16)21(28)29)17-6-3-7-26(17)10-14-11-27-8-9-30-13-19(27)24-14/h1-2,4-5,11,17-18H,3,6-10,12-13H2. The highest BCUT2D eigenvalue weighted by molar-refractivity contribution is 5.77. The Balaban J connectivity index is 1.51. The zero-order valence-corrected chi connectivity index (χ0v) is 16.5. The van der Waals surface area contributed by atoms with Crippen LogP contribution in [0, 0.1) is 0 Å². The maximum atomic E-state index is 13.3. The number of nitrogens with zero attached hydrogens (tertiary/aromatic N) is 5. The molecule has 2 aromatic heterocycles. The second kappa shape index (κ2) is 7.88. The Kier molecular flexibility index (Phi) is 5.08. The van der Waals surface area contributed by atoms with E-state index in [0.717, 1.165) is 37.4 Å². The number of fused-ring (bicyclic) bond motifs is 2. The molecule has 0 spiro atoms. The Bertz CT molecular complexity index is 1100. The van der Waals surface area contributed by atoms with Crippen molar-refractivity contribution < 1.29 is 13.5 Å². The summed E-state index contributed by atoms with van der Waals surface area (Å²) in [5.74, 6) is 1.33. The van der Waals surface area contributed by atoms with Gasteiger partial charge < -0.3 is 9.30 Å². The van der Waals surface area contributed by atoms with Gasteiger partial charge >= 0.3 is 0 Å². The van der Waals surface area contributed by atoms with Gasteiger partial charge in [-0.3, -0.25) is 14.3 Å². The largest absolute Gasteiger partial charge is 0.372 e. The summed E-state index contributed by atoms with van der Waals surface area (Å²) in [7, 11) is 0. The van der Waals surface area contributed by atoms with E-state index in [1.54, 1.807) is 24.3 Å². The molecule has 3 aromatic rings. The number of halogens is 2. The first-order valence-corrected chi connectivity index (χ1v) is 10.2. The first-order chi connectivity index (χ1) is 14.6. The molecule has 158 valence electrons. The Morgan fingerprint density at radius 3 is 2.90 bits per heavy atom. The molecule has 5 rings (SSSR count). The summed E-state index contributed by atoms with van der Waals surface area (Å²) in [4.78, 5) is 24.5. The predicted molar refractivity (Wildman–Crippen MR) is 106 cm³/mol. The first-order valence-electron chi connectivity index (χ1n) is 10.2. The van der Waals surface area contributed by atoms with Gasteiger partial charge in [-0.05, 0) is 31.5 Å². The van der Waals surface area contributed by atoms with E-state index in [4.69, 9.17) is 4.74 Å². The third-order valence-electron chi connectivity index (χ3n) is 5.86. The fourth-order valence-corrected chi connectivity index (χ4v) is 4.49. The first kappa shape index (κ1) is 19.3. The number of benzene rings is 1. The maximum absolute atomic E-state index is 13.3. The molecule has 0 aliphatic carbocycles. The van der Waals surface area contributed by atoms with E-state index < -0.39 is 18.5 Å². The number of hydrogen-bond donors (Lipinski definition) is 0. The number of imidazole rings is 1. The number of rotatable bonds is 5. The second-order valence-electron chi connectivity index (χ2n) is 7.82. The molecule has 7 nitrogen and oxygen atoms in total. The zero-order valence-electron chi connectivity index (χ0n) is 16.5. The number of ether oxygens (including phenoxy) is 1. The topological polar surface area (TPSA) is 65.2 Å². The summed E-state index contributed by atoms with van der Waals surface area (Å²) in [5.41, 5.74) is 1.06.